The molecule has 0 aromatic carbocycles. The molecule has 0 N–H and O–H groups in total. The van der Waals surface area contributed by atoms with Crippen LogP contribution in [0.4, 0.5) is 0 Å². The number of carbonyl (C=O) groups is 1. The monoisotopic (exact) mass is 174 g/mol. The van der Waals surface area contributed by atoms with Crippen molar-refractivity contribution < 1.29 is 4.79 Å². The summed E-state index contributed by atoms with van der Waals surface area (Å²) in [6.45, 7) is 8.33. The van der Waals surface area contributed by atoms with Crippen molar-refractivity contribution in [1.29, 1.82) is 0 Å². The van der Waals surface area contributed by atoms with E-state index >= 15 is 0 Å². The van der Waals surface area contributed by atoms with E-state index in [9.17, 15) is 4.79 Å². The molecule has 0 spiro atoms. The summed E-state index contributed by atoms with van der Waals surface area (Å²) in [5.41, 5.74) is 0.118. The van der Waals surface area contributed by atoms with Gasteiger partial charge in [-0.1, -0.05) is 27.7 Å². The molecule has 11 heavy (non-hydrogen) atoms. The average molecular weight is 174 g/mol. The van der Waals surface area contributed by atoms with Gasteiger partial charge in [0.2, 0.25) is 0 Å². The van der Waals surface area contributed by atoms with Crippen molar-refractivity contribution in [3.8, 4) is 0 Å². The van der Waals surface area contributed by atoms with Crippen molar-refractivity contribution in [2.24, 2.45) is 11.3 Å². The number of thioether (sulfide) groups is 1. The van der Waals surface area contributed by atoms with Crippen molar-refractivity contribution in [1.82, 2.24) is 0 Å². The molecule has 0 aliphatic heterocycles. The van der Waals surface area contributed by atoms with Gasteiger partial charge in [-0.3, -0.25) is 4.79 Å². The Kier molecular flexibility index (Phi) is 4.16. The molecule has 0 aromatic rings. The van der Waals surface area contributed by atoms with Crippen molar-refractivity contribution in [3.05, 3.63) is 0 Å². The lowest BCUT2D eigenvalue weighted by Gasteiger charge is -2.25. The molecule has 1 unspecified atom stereocenters. The Labute approximate surface area is 73.9 Å². The maximum Gasteiger partial charge on any atom is 0.146 e. The van der Waals surface area contributed by atoms with Crippen LogP contribution in [0.3, 0.4) is 0 Å². The van der Waals surface area contributed by atoms with Gasteiger partial charge in [0.15, 0.2) is 0 Å². The minimum Gasteiger partial charge on any atom is -0.298 e. The van der Waals surface area contributed by atoms with E-state index in [0.717, 1.165) is 0 Å². The molecule has 0 rings (SSSR count). The van der Waals surface area contributed by atoms with E-state index in [1.807, 2.05) is 13.2 Å². The first-order valence-electron chi connectivity index (χ1n) is 3.91. The van der Waals surface area contributed by atoms with E-state index in [4.69, 9.17) is 0 Å². The molecule has 0 saturated heterocycles. The second kappa shape index (κ2) is 4.15. The quantitative estimate of drug-likeness (QED) is 0.654. The van der Waals surface area contributed by atoms with Crippen LogP contribution in [0.25, 0.3) is 0 Å². The number of hydrogen-bond acceptors (Lipinski definition) is 2. The number of ketones is 1. The van der Waals surface area contributed by atoms with Gasteiger partial charge in [0.05, 0.1) is 5.75 Å². The summed E-state index contributed by atoms with van der Waals surface area (Å²) < 4.78 is 0. The van der Waals surface area contributed by atoms with Gasteiger partial charge in [-0.15, -0.1) is 0 Å². The van der Waals surface area contributed by atoms with Gasteiger partial charge in [0.1, 0.15) is 5.78 Å². The molecule has 0 saturated carbocycles. The molecular formula is C9H18OS. The van der Waals surface area contributed by atoms with Crippen molar-refractivity contribution >= 4 is 17.5 Å². The lowest BCUT2D eigenvalue weighted by atomic mass is 9.80. The van der Waals surface area contributed by atoms with E-state index in [1.54, 1.807) is 11.8 Å². The molecule has 2 heteroatoms. The minimum atomic E-state index is 0.118. The van der Waals surface area contributed by atoms with Crippen molar-refractivity contribution in [2.75, 3.05) is 12.0 Å². The van der Waals surface area contributed by atoms with E-state index in [-0.39, 0.29) is 11.3 Å². The molecule has 0 radical (unpaired) electrons. The van der Waals surface area contributed by atoms with Crippen molar-refractivity contribution in [3.63, 3.8) is 0 Å². The number of Topliss-reactive ketones (excluding diaryl/α,β-unsaturated/α-hetero) is 1. The lowest BCUT2D eigenvalue weighted by molar-refractivity contribution is -0.122. The number of carbonyl (C=O) groups excluding carboxylic acids is 1. The molecule has 0 aromatic heterocycles. The van der Waals surface area contributed by atoms with Crippen molar-refractivity contribution in [2.45, 2.75) is 27.7 Å². The zero-order valence-corrected chi connectivity index (χ0v) is 8.92. The van der Waals surface area contributed by atoms with Crippen LogP contribution in [0.2, 0.25) is 0 Å². The highest BCUT2D eigenvalue weighted by Crippen LogP contribution is 2.26. The van der Waals surface area contributed by atoms with Crippen LogP contribution in [0.1, 0.15) is 27.7 Å². The largest absolute Gasteiger partial charge is 0.298 e. The number of hydrogen-bond donors (Lipinski definition) is 0. The molecule has 0 bridgehead atoms. The van der Waals surface area contributed by atoms with Crippen LogP contribution in [0.15, 0.2) is 0 Å². The zero-order valence-electron chi connectivity index (χ0n) is 8.10. The molecular weight excluding hydrogens is 156 g/mol. The third-order valence-electron chi connectivity index (χ3n) is 2.07. The summed E-state index contributed by atoms with van der Waals surface area (Å²) in [7, 11) is 0. The van der Waals surface area contributed by atoms with Gasteiger partial charge in [-0.05, 0) is 11.7 Å². The lowest BCUT2D eigenvalue weighted by Crippen LogP contribution is -2.26. The van der Waals surface area contributed by atoms with Gasteiger partial charge >= 0.3 is 0 Å². The molecule has 1 atom stereocenters. The van der Waals surface area contributed by atoms with Gasteiger partial charge in [0.25, 0.3) is 0 Å². The Balaban J connectivity index is 4.03. The summed E-state index contributed by atoms with van der Waals surface area (Å²) in [4.78, 5) is 11.4. The summed E-state index contributed by atoms with van der Waals surface area (Å²) >= 11 is 1.60. The normalized spacial score (nSPS) is 14.6. The highest BCUT2D eigenvalue weighted by molar-refractivity contribution is 7.99. The van der Waals surface area contributed by atoms with Gasteiger partial charge in [0, 0.05) is 5.92 Å². The van der Waals surface area contributed by atoms with Gasteiger partial charge in [-0.2, -0.15) is 11.8 Å². The maximum absolute atomic E-state index is 11.4. The topological polar surface area (TPSA) is 17.1 Å². The fraction of sp³-hybridized carbons (Fsp3) is 0.889. The Morgan fingerprint density at radius 2 is 1.91 bits per heavy atom. The second-order valence-electron chi connectivity index (χ2n) is 3.99. The van der Waals surface area contributed by atoms with Crippen LogP contribution >= 0.6 is 11.8 Å². The van der Waals surface area contributed by atoms with E-state index in [1.165, 1.54) is 0 Å². The Hall–Kier alpha value is 0.0200. The first kappa shape index (κ1) is 11.0. The minimum absolute atomic E-state index is 0.118. The van der Waals surface area contributed by atoms with Crippen LogP contribution in [-0.4, -0.2) is 17.8 Å². The Morgan fingerprint density at radius 1 is 1.45 bits per heavy atom. The standard InChI is InChI=1S/C9H18OS/c1-7(9(2,3)4)8(10)6-11-5/h7H,6H2,1-5H3. The molecule has 1 nitrogen and oxygen atoms in total. The molecule has 0 aliphatic carbocycles. The molecule has 0 fully saturated rings. The number of rotatable bonds is 3. The van der Waals surface area contributed by atoms with E-state index in [0.29, 0.717) is 11.5 Å². The highest BCUT2D eigenvalue weighted by Gasteiger charge is 2.25. The third-order valence-corrected chi connectivity index (χ3v) is 2.64. The molecule has 66 valence electrons. The maximum atomic E-state index is 11.4. The molecule has 0 amide bonds. The zero-order chi connectivity index (χ0) is 9.07. The highest BCUT2D eigenvalue weighted by atomic mass is 32.2. The fourth-order valence-corrected chi connectivity index (χ4v) is 1.28. The van der Waals surface area contributed by atoms with Crippen LogP contribution in [-0.2, 0) is 4.79 Å². The first-order valence-corrected chi connectivity index (χ1v) is 5.30. The summed E-state index contributed by atoms with van der Waals surface area (Å²) in [6.07, 6.45) is 1.97. The van der Waals surface area contributed by atoms with Crippen LogP contribution in [0.5, 0.6) is 0 Å². The predicted octanol–water partition coefficient (Wildman–Crippen LogP) is 2.60. The van der Waals surface area contributed by atoms with Gasteiger partial charge in [-0.25, -0.2) is 0 Å². The van der Waals surface area contributed by atoms with Crippen LogP contribution < -0.4 is 0 Å². The molecule has 0 aliphatic rings. The fourth-order valence-electron chi connectivity index (χ4n) is 0.750. The summed E-state index contributed by atoms with van der Waals surface area (Å²) in [5, 5.41) is 0. The second-order valence-corrected chi connectivity index (χ2v) is 4.85. The summed E-state index contributed by atoms with van der Waals surface area (Å²) in [5.74, 6) is 1.19. The van der Waals surface area contributed by atoms with Gasteiger partial charge < -0.3 is 0 Å². The molecule has 0 heterocycles. The Bertz CT molecular complexity index is 135. The predicted molar refractivity (Wildman–Crippen MR) is 52.0 cm³/mol. The van der Waals surface area contributed by atoms with E-state index in [2.05, 4.69) is 20.8 Å². The van der Waals surface area contributed by atoms with Crippen LogP contribution in [0, 0.1) is 11.3 Å². The Morgan fingerprint density at radius 3 is 2.18 bits per heavy atom. The smallest absolute Gasteiger partial charge is 0.146 e. The van der Waals surface area contributed by atoms with E-state index < -0.39 is 0 Å². The average Bonchev–Trinajstić information content (AvgIpc) is 1.85. The first-order chi connectivity index (χ1) is 4.89. The SMILES string of the molecule is CSCC(=O)C(C)C(C)(C)C. The third kappa shape index (κ3) is 3.80. The summed E-state index contributed by atoms with van der Waals surface area (Å²) in [6, 6.07) is 0.